The number of pyridine rings is 1. The lowest BCUT2D eigenvalue weighted by atomic mass is 9.67. The minimum atomic E-state index is -0.529. The average Bonchev–Trinajstić information content (AvgIpc) is 3.59. The topological polar surface area (TPSA) is 51.6 Å². The van der Waals surface area contributed by atoms with E-state index in [0.29, 0.717) is 17.5 Å². The van der Waals surface area contributed by atoms with Gasteiger partial charge >= 0.3 is 0 Å². The van der Waals surface area contributed by atoms with Gasteiger partial charge in [-0.2, -0.15) is 0 Å². The van der Waals surface area contributed by atoms with Gasteiger partial charge in [0.25, 0.3) is 0 Å². The lowest BCUT2D eigenvalue weighted by Gasteiger charge is -2.33. The zero-order valence-corrected chi connectivity index (χ0v) is 29.9. The summed E-state index contributed by atoms with van der Waals surface area (Å²) in [5.74, 6) is 1.87. The summed E-state index contributed by atoms with van der Waals surface area (Å²) < 4.78 is 0. The third kappa shape index (κ3) is 5.55. The molecule has 0 saturated heterocycles. The molecule has 0 fully saturated rings. The first-order valence-corrected chi connectivity index (χ1v) is 18.5. The van der Waals surface area contributed by atoms with E-state index in [4.69, 9.17) is 15.0 Å². The van der Waals surface area contributed by atoms with E-state index in [-0.39, 0.29) is 0 Å². The minimum absolute atomic E-state index is 0.529. The summed E-state index contributed by atoms with van der Waals surface area (Å²) in [6.07, 6.45) is 3.67. The molecule has 0 bridgehead atoms. The van der Waals surface area contributed by atoms with Crippen molar-refractivity contribution in [3.05, 3.63) is 229 Å². The third-order valence-electron chi connectivity index (χ3n) is 10.7. The number of benzene rings is 7. The molecule has 4 nitrogen and oxygen atoms in total. The standard InChI is InChI=1S/C51H34N4/c1-4-14-35(15-5-1)36-25-29-38(30-26-36)48-53-49(39-31-27-37(28-32-39)40-16-13-33-52-34-40)55-50(54-48)44-22-12-24-46-47(44)43-21-10-11-23-45(43)51(46,41-17-6-2-7-18-41)42-19-8-3-9-20-42/h1-34H. The van der Waals surface area contributed by atoms with Gasteiger partial charge in [0, 0.05) is 29.1 Å². The van der Waals surface area contributed by atoms with Crippen LogP contribution in [0.2, 0.25) is 0 Å². The predicted molar refractivity (Wildman–Crippen MR) is 222 cm³/mol. The van der Waals surface area contributed by atoms with Crippen molar-refractivity contribution in [3.8, 4) is 67.5 Å². The Morgan fingerprint density at radius 2 is 0.764 bits per heavy atom. The first-order chi connectivity index (χ1) is 27.3. The number of aromatic nitrogens is 4. The second kappa shape index (κ2) is 13.6. The summed E-state index contributed by atoms with van der Waals surface area (Å²) in [5.41, 5.74) is 13.9. The third-order valence-corrected chi connectivity index (χ3v) is 10.7. The summed E-state index contributed by atoms with van der Waals surface area (Å²) in [7, 11) is 0. The molecule has 7 aromatic carbocycles. The molecule has 0 unspecified atom stereocenters. The normalized spacial score (nSPS) is 12.5. The van der Waals surface area contributed by atoms with Gasteiger partial charge in [-0.3, -0.25) is 4.98 Å². The van der Waals surface area contributed by atoms with Crippen LogP contribution >= 0.6 is 0 Å². The van der Waals surface area contributed by atoms with Gasteiger partial charge in [-0.15, -0.1) is 0 Å². The van der Waals surface area contributed by atoms with Gasteiger partial charge in [0.1, 0.15) is 0 Å². The maximum atomic E-state index is 5.28. The summed E-state index contributed by atoms with van der Waals surface area (Å²) in [4.78, 5) is 20.0. The Morgan fingerprint density at radius 1 is 0.309 bits per heavy atom. The fourth-order valence-electron chi connectivity index (χ4n) is 8.22. The van der Waals surface area contributed by atoms with Crippen LogP contribution in [0.5, 0.6) is 0 Å². The Labute approximate surface area is 320 Å². The maximum absolute atomic E-state index is 5.28. The molecular weight excluding hydrogens is 669 g/mol. The van der Waals surface area contributed by atoms with E-state index in [2.05, 4.69) is 187 Å². The molecule has 0 spiro atoms. The minimum Gasteiger partial charge on any atom is -0.264 e. The summed E-state index contributed by atoms with van der Waals surface area (Å²) >= 11 is 0. The molecule has 0 N–H and O–H groups in total. The average molecular weight is 703 g/mol. The van der Waals surface area contributed by atoms with Crippen LogP contribution in [0.1, 0.15) is 22.3 Å². The van der Waals surface area contributed by atoms with Crippen LogP contribution in [0.3, 0.4) is 0 Å². The van der Waals surface area contributed by atoms with E-state index in [1.807, 2.05) is 18.3 Å². The molecule has 0 atom stereocenters. The highest BCUT2D eigenvalue weighted by Gasteiger charge is 2.47. The fourth-order valence-corrected chi connectivity index (χ4v) is 8.22. The molecule has 0 saturated carbocycles. The first-order valence-electron chi connectivity index (χ1n) is 18.5. The van der Waals surface area contributed by atoms with E-state index in [1.165, 1.54) is 33.4 Å². The fraction of sp³-hybridized carbons (Fsp3) is 0.0196. The predicted octanol–water partition coefficient (Wildman–Crippen LogP) is 12.0. The number of fused-ring (bicyclic) bond motifs is 3. The van der Waals surface area contributed by atoms with Crippen LogP contribution in [-0.4, -0.2) is 19.9 Å². The van der Waals surface area contributed by atoms with E-state index < -0.39 is 5.41 Å². The Kier molecular flexibility index (Phi) is 8.00. The molecule has 0 amide bonds. The van der Waals surface area contributed by atoms with Gasteiger partial charge in [0.15, 0.2) is 17.5 Å². The number of hydrogen-bond donors (Lipinski definition) is 0. The van der Waals surface area contributed by atoms with Crippen molar-refractivity contribution in [3.63, 3.8) is 0 Å². The van der Waals surface area contributed by atoms with Crippen molar-refractivity contribution in [1.29, 1.82) is 0 Å². The van der Waals surface area contributed by atoms with Gasteiger partial charge in [-0.05, 0) is 61.7 Å². The molecule has 55 heavy (non-hydrogen) atoms. The molecule has 2 aromatic heterocycles. The van der Waals surface area contributed by atoms with E-state index >= 15 is 0 Å². The zero-order valence-electron chi connectivity index (χ0n) is 29.9. The summed E-state index contributed by atoms with van der Waals surface area (Å²) in [6.45, 7) is 0. The highest BCUT2D eigenvalue weighted by Crippen LogP contribution is 2.58. The Bertz CT molecular complexity index is 2630. The molecule has 4 heteroatoms. The van der Waals surface area contributed by atoms with Crippen molar-refractivity contribution in [2.75, 3.05) is 0 Å². The Morgan fingerprint density at radius 3 is 1.36 bits per heavy atom. The molecule has 258 valence electrons. The first kappa shape index (κ1) is 32.4. The van der Waals surface area contributed by atoms with Crippen molar-refractivity contribution in [2.45, 2.75) is 5.41 Å². The lowest BCUT2D eigenvalue weighted by molar-refractivity contribution is 0.768. The van der Waals surface area contributed by atoms with Crippen LogP contribution in [-0.2, 0) is 5.41 Å². The molecule has 1 aliphatic rings. The summed E-state index contributed by atoms with van der Waals surface area (Å²) in [5, 5.41) is 0. The number of rotatable bonds is 7. The maximum Gasteiger partial charge on any atom is 0.164 e. The summed E-state index contributed by atoms with van der Waals surface area (Å²) in [6, 6.07) is 68.4. The van der Waals surface area contributed by atoms with Gasteiger partial charge in [0.2, 0.25) is 0 Å². The molecular formula is C51H34N4. The van der Waals surface area contributed by atoms with E-state index in [0.717, 1.165) is 38.9 Å². The number of nitrogens with zero attached hydrogens (tertiary/aromatic N) is 4. The Balaban J connectivity index is 1.19. The molecule has 1 aliphatic carbocycles. The number of hydrogen-bond acceptors (Lipinski definition) is 4. The highest BCUT2D eigenvalue weighted by atomic mass is 15.0. The van der Waals surface area contributed by atoms with Crippen LogP contribution in [0.4, 0.5) is 0 Å². The smallest absolute Gasteiger partial charge is 0.164 e. The Hall–Kier alpha value is -7.30. The van der Waals surface area contributed by atoms with Gasteiger partial charge in [0.05, 0.1) is 5.41 Å². The molecule has 10 rings (SSSR count). The monoisotopic (exact) mass is 702 g/mol. The van der Waals surface area contributed by atoms with Crippen molar-refractivity contribution >= 4 is 0 Å². The molecule has 0 radical (unpaired) electrons. The zero-order chi connectivity index (χ0) is 36.6. The van der Waals surface area contributed by atoms with Crippen LogP contribution < -0.4 is 0 Å². The molecule has 2 heterocycles. The van der Waals surface area contributed by atoms with E-state index in [9.17, 15) is 0 Å². The van der Waals surface area contributed by atoms with Crippen molar-refractivity contribution in [2.24, 2.45) is 0 Å². The quantitative estimate of drug-likeness (QED) is 0.166. The highest BCUT2D eigenvalue weighted by molar-refractivity contribution is 5.94. The molecule has 9 aromatic rings. The van der Waals surface area contributed by atoms with Crippen LogP contribution in [0.15, 0.2) is 207 Å². The SMILES string of the molecule is c1ccc(-c2ccc(-c3nc(-c4ccc(-c5cccnc5)cc4)nc(-c4cccc5c4-c4ccccc4C5(c4ccccc4)c4ccccc4)n3)cc2)cc1. The van der Waals surface area contributed by atoms with Gasteiger partial charge in [-0.25, -0.2) is 15.0 Å². The largest absolute Gasteiger partial charge is 0.264 e. The van der Waals surface area contributed by atoms with Crippen molar-refractivity contribution < 1.29 is 0 Å². The van der Waals surface area contributed by atoms with Gasteiger partial charge in [-0.1, -0.05) is 188 Å². The lowest BCUT2D eigenvalue weighted by Crippen LogP contribution is -2.28. The van der Waals surface area contributed by atoms with E-state index in [1.54, 1.807) is 6.20 Å². The molecule has 0 aliphatic heterocycles. The van der Waals surface area contributed by atoms with Crippen LogP contribution in [0, 0.1) is 0 Å². The second-order valence-corrected chi connectivity index (χ2v) is 13.8. The van der Waals surface area contributed by atoms with Crippen molar-refractivity contribution in [1.82, 2.24) is 19.9 Å². The van der Waals surface area contributed by atoms with Crippen LogP contribution in [0.25, 0.3) is 67.5 Å². The second-order valence-electron chi connectivity index (χ2n) is 13.8. The van der Waals surface area contributed by atoms with Gasteiger partial charge < -0.3 is 0 Å².